The van der Waals surface area contributed by atoms with Crippen molar-refractivity contribution in [2.75, 3.05) is 17.7 Å². The second-order valence-electron chi connectivity index (χ2n) is 6.39. The second kappa shape index (κ2) is 5.58. The lowest BCUT2D eigenvalue weighted by Crippen LogP contribution is -2.27. The van der Waals surface area contributed by atoms with Gasteiger partial charge in [-0.05, 0) is 44.4 Å². The van der Waals surface area contributed by atoms with E-state index in [4.69, 9.17) is 4.98 Å². The number of rotatable bonds is 5. The molecule has 0 saturated heterocycles. The van der Waals surface area contributed by atoms with Gasteiger partial charge < -0.3 is 10.6 Å². The van der Waals surface area contributed by atoms with Gasteiger partial charge >= 0.3 is 0 Å². The van der Waals surface area contributed by atoms with Crippen LogP contribution in [0.3, 0.4) is 0 Å². The average Bonchev–Trinajstić information content (AvgIpc) is 3.05. The fraction of sp³-hybridized carbons (Fsp3) is 0.750. The normalized spacial score (nSPS) is 27.9. The fourth-order valence-corrected chi connectivity index (χ4v) is 3.88. The Kier molecular flexibility index (Phi) is 3.81. The molecule has 3 unspecified atom stereocenters. The summed E-state index contributed by atoms with van der Waals surface area (Å²) < 4.78 is 0. The van der Waals surface area contributed by atoms with Gasteiger partial charge in [0.15, 0.2) is 0 Å². The van der Waals surface area contributed by atoms with Crippen molar-refractivity contribution < 1.29 is 0 Å². The lowest BCUT2D eigenvalue weighted by Gasteiger charge is -2.25. The molecule has 2 fully saturated rings. The molecule has 1 aromatic rings. The van der Waals surface area contributed by atoms with E-state index in [0.29, 0.717) is 6.04 Å². The lowest BCUT2D eigenvalue weighted by atomic mass is 9.95. The molecule has 2 bridgehead atoms. The summed E-state index contributed by atoms with van der Waals surface area (Å²) in [5.74, 6) is 4.79. The summed E-state index contributed by atoms with van der Waals surface area (Å²) in [6.45, 7) is 4.28. The maximum atomic E-state index is 4.76. The van der Waals surface area contributed by atoms with Crippen molar-refractivity contribution in [1.82, 2.24) is 9.97 Å². The third-order valence-corrected chi connectivity index (χ3v) is 4.96. The first-order chi connectivity index (χ1) is 9.71. The first-order valence-electron chi connectivity index (χ1n) is 8.03. The highest BCUT2D eigenvalue weighted by Crippen LogP contribution is 2.45. The van der Waals surface area contributed by atoms with Gasteiger partial charge in [-0.15, -0.1) is 0 Å². The summed E-state index contributed by atoms with van der Waals surface area (Å²) in [6.07, 6.45) is 7.61. The van der Waals surface area contributed by atoms with E-state index in [0.717, 1.165) is 47.7 Å². The maximum Gasteiger partial charge on any atom is 0.135 e. The van der Waals surface area contributed by atoms with Crippen LogP contribution >= 0.6 is 0 Å². The number of aryl methyl sites for hydroxylation is 1. The fourth-order valence-electron chi connectivity index (χ4n) is 3.88. The van der Waals surface area contributed by atoms with Crippen molar-refractivity contribution in [3.8, 4) is 0 Å². The van der Waals surface area contributed by atoms with Crippen molar-refractivity contribution in [2.24, 2.45) is 11.8 Å². The Morgan fingerprint density at radius 2 is 1.95 bits per heavy atom. The van der Waals surface area contributed by atoms with E-state index in [1.54, 1.807) is 0 Å². The smallest absolute Gasteiger partial charge is 0.135 e. The minimum absolute atomic E-state index is 0.626. The number of nitrogens with one attached hydrogen (secondary N) is 2. The molecule has 4 nitrogen and oxygen atoms in total. The first kappa shape index (κ1) is 13.7. The van der Waals surface area contributed by atoms with Gasteiger partial charge in [0.1, 0.15) is 17.5 Å². The van der Waals surface area contributed by atoms with Gasteiger partial charge in [-0.2, -0.15) is 0 Å². The van der Waals surface area contributed by atoms with Crippen molar-refractivity contribution in [2.45, 2.75) is 58.4 Å². The summed E-state index contributed by atoms with van der Waals surface area (Å²) in [7, 11) is 1.94. The maximum absolute atomic E-state index is 4.76. The van der Waals surface area contributed by atoms with Crippen LogP contribution in [0.1, 0.15) is 50.4 Å². The molecule has 2 saturated carbocycles. The van der Waals surface area contributed by atoms with Crippen LogP contribution in [-0.2, 0) is 6.42 Å². The molecule has 0 spiro atoms. The zero-order chi connectivity index (χ0) is 14.1. The largest absolute Gasteiger partial charge is 0.373 e. The standard InChI is InChI=1S/C16H26N4/c1-4-5-14-19-15(17-3)10(2)16(20-14)18-13-9-11-6-7-12(13)8-11/h11-13H,4-9H2,1-3H3,(H2,17,18,19,20). The average molecular weight is 274 g/mol. The predicted molar refractivity (Wildman–Crippen MR) is 83.2 cm³/mol. The topological polar surface area (TPSA) is 49.8 Å². The van der Waals surface area contributed by atoms with E-state index < -0.39 is 0 Å². The van der Waals surface area contributed by atoms with Crippen LogP contribution < -0.4 is 10.6 Å². The van der Waals surface area contributed by atoms with Crippen LogP contribution in [0, 0.1) is 18.8 Å². The molecule has 3 atom stereocenters. The number of aromatic nitrogens is 2. The van der Waals surface area contributed by atoms with Crippen LogP contribution in [0.4, 0.5) is 11.6 Å². The van der Waals surface area contributed by atoms with Gasteiger partial charge in [-0.3, -0.25) is 0 Å². The summed E-state index contributed by atoms with van der Waals surface area (Å²) in [6, 6.07) is 0.626. The SMILES string of the molecule is CCCc1nc(NC)c(C)c(NC2CC3CCC2C3)n1. The van der Waals surface area contributed by atoms with E-state index in [1.807, 2.05) is 7.05 Å². The van der Waals surface area contributed by atoms with Crippen molar-refractivity contribution in [3.63, 3.8) is 0 Å². The Labute approximate surface area is 121 Å². The Bertz CT molecular complexity index is 486. The van der Waals surface area contributed by atoms with Gasteiger partial charge in [0.2, 0.25) is 0 Å². The third kappa shape index (κ3) is 2.48. The molecule has 110 valence electrons. The molecule has 2 aliphatic rings. The summed E-state index contributed by atoms with van der Waals surface area (Å²) in [5, 5.41) is 6.93. The Morgan fingerprint density at radius 1 is 1.15 bits per heavy atom. The molecule has 4 heteroatoms. The zero-order valence-corrected chi connectivity index (χ0v) is 12.9. The Morgan fingerprint density at radius 3 is 2.55 bits per heavy atom. The highest BCUT2D eigenvalue weighted by atomic mass is 15.1. The minimum atomic E-state index is 0.626. The van der Waals surface area contributed by atoms with Crippen LogP contribution in [0.5, 0.6) is 0 Å². The van der Waals surface area contributed by atoms with Crippen molar-refractivity contribution >= 4 is 11.6 Å². The second-order valence-corrected chi connectivity index (χ2v) is 6.39. The van der Waals surface area contributed by atoms with E-state index in [2.05, 4.69) is 29.5 Å². The van der Waals surface area contributed by atoms with Crippen LogP contribution in [-0.4, -0.2) is 23.1 Å². The van der Waals surface area contributed by atoms with E-state index in [9.17, 15) is 0 Å². The minimum Gasteiger partial charge on any atom is -0.373 e. The van der Waals surface area contributed by atoms with Gasteiger partial charge in [-0.1, -0.05) is 13.3 Å². The molecule has 2 N–H and O–H groups in total. The van der Waals surface area contributed by atoms with Crippen LogP contribution in [0.15, 0.2) is 0 Å². The first-order valence-corrected chi connectivity index (χ1v) is 8.03. The summed E-state index contributed by atoms with van der Waals surface area (Å²) in [4.78, 5) is 9.36. The molecular weight excluding hydrogens is 248 g/mol. The molecule has 20 heavy (non-hydrogen) atoms. The number of hydrogen-bond donors (Lipinski definition) is 2. The molecule has 0 aliphatic heterocycles. The summed E-state index contributed by atoms with van der Waals surface area (Å²) >= 11 is 0. The Hall–Kier alpha value is -1.32. The van der Waals surface area contributed by atoms with Crippen molar-refractivity contribution in [3.05, 3.63) is 11.4 Å². The van der Waals surface area contributed by atoms with Crippen molar-refractivity contribution in [1.29, 1.82) is 0 Å². The van der Waals surface area contributed by atoms with E-state index >= 15 is 0 Å². The van der Waals surface area contributed by atoms with Crippen LogP contribution in [0.25, 0.3) is 0 Å². The number of nitrogens with zero attached hydrogens (tertiary/aromatic N) is 2. The van der Waals surface area contributed by atoms with Gasteiger partial charge in [-0.25, -0.2) is 9.97 Å². The highest BCUT2D eigenvalue weighted by Gasteiger charge is 2.39. The number of anilines is 2. The Balaban J connectivity index is 1.82. The molecule has 0 amide bonds. The monoisotopic (exact) mass is 274 g/mol. The quantitative estimate of drug-likeness (QED) is 0.864. The molecular formula is C16H26N4. The van der Waals surface area contributed by atoms with Crippen LogP contribution in [0.2, 0.25) is 0 Å². The molecule has 1 aromatic heterocycles. The zero-order valence-electron chi connectivity index (χ0n) is 12.9. The molecule has 2 aliphatic carbocycles. The van der Waals surface area contributed by atoms with Gasteiger partial charge in [0.05, 0.1) is 0 Å². The van der Waals surface area contributed by atoms with Gasteiger partial charge in [0.25, 0.3) is 0 Å². The number of fused-ring (bicyclic) bond motifs is 2. The van der Waals surface area contributed by atoms with E-state index in [-0.39, 0.29) is 0 Å². The van der Waals surface area contributed by atoms with E-state index in [1.165, 1.54) is 25.7 Å². The molecule has 0 radical (unpaired) electrons. The highest BCUT2D eigenvalue weighted by molar-refractivity contribution is 5.57. The number of hydrogen-bond acceptors (Lipinski definition) is 4. The third-order valence-electron chi connectivity index (χ3n) is 4.96. The predicted octanol–water partition coefficient (Wildman–Crippen LogP) is 3.38. The summed E-state index contributed by atoms with van der Waals surface area (Å²) in [5.41, 5.74) is 1.15. The lowest BCUT2D eigenvalue weighted by molar-refractivity contribution is 0.438. The molecule has 0 aromatic carbocycles. The molecule has 3 rings (SSSR count). The van der Waals surface area contributed by atoms with Gasteiger partial charge in [0, 0.05) is 25.1 Å². The molecule has 1 heterocycles.